The van der Waals surface area contributed by atoms with Crippen LogP contribution in [0.5, 0.6) is 17.2 Å². The topological polar surface area (TPSA) is 78.6 Å². The molecule has 33 heavy (non-hydrogen) atoms. The largest absolute Gasteiger partial charge is 0.490 e. The van der Waals surface area contributed by atoms with E-state index in [9.17, 15) is 0 Å². The third kappa shape index (κ3) is 4.69. The molecule has 0 atom stereocenters. The average Bonchev–Trinajstić information content (AvgIpc) is 3.23. The lowest BCUT2D eigenvalue weighted by atomic mass is 10.2. The van der Waals surface area contributed by atoms with Gasteiger partial charge in [0, 0.05) is 36.5 Å². The van der Waals surface area contributed by atoms with Crippen molar-refractivity contribution in [3.63, 3.8) is 0 Å². The van der Waals surface area contributed by atoms with Gasteiger partial charge in [0.25, 0.3) is 6.01 Å². The van der Waals surface area contributed by atoms with Crippen molar-refractivity contribution in [2.24, 2.45) is 0 Å². The molecule has 0 bridgehead atoms. The van der Waals surface area contributed by atoms with E-state index in [-0.39, 0.29) is 0 Å². The highest BCUT2D eigenvalue weighted by Crippen LogP contribution is 2.33. The summed E-state index contributed by atoms with van der Waals surface area (Å²) in [7, 11) is 1.62. The number of oxazole rings is 1. The number of ether oxygens (including phenoxy) is 3. The van der Waals surface area contributed by atoms with Crippen LogP contribution in [0.3, 0.4) is 0 Å². The summed E-state index contributed by atoms with van der Waals surface area (Å²) >= 11 is 6.21. The zero-order valence-corrected chi connectivity index (χ0v) is 18.5. The maximum absolute atomic E-state index is 6.21. The first-order chi connectivity index (χ1) is 16.2. The van der Waals surface area contributed by atoms with Crippen molar-refractivity contribution in [1.82, 2.24) is 9.97 Å². The van der Waals surface area contributed by atoms with Crippen molar-refractivity contribution in [3.8, 4) is 17.2 Å². The van der Waals surface area contributed by atoms with E-state index in [1.165, 1.54) is 0 Å². The molecule has 0 aliphatic heterocycles. The number of rotatable bonds is 8. The fourth-order valence-corrected chi connectivity index (χ4v) is 3.53. The van der Waals surface area contributed by atoms with E-state index in [1.54, 1.807) is 25.4 Å². The van der Waals surface area contributed by atoms with Crippen LogP contribution in [0.1, 0.15) is 0 Å². The Morgan fingerprint density at radius 1 is 0.939 bits per heavy atom. The van der Waals surface area contributed by atoms with Crippen LogP contribution in [0.15, 0.2) is 77.3 Å². The third-order valence-electron chi connectivity index (χ3n) is 4.92. The molecule has 5 rings (SSSR count). The number of aromatic nitrogens is 2. The van der Waals surface area contributed by atoms with Crippen molar-refractivity contribution >= 4 is 45.3 Å². The fraction of sp³-hybridized carbons (Fsp3) is 0.120. The molecular weight excluding hydrogens is 442 g/mol. The zero-order valence-electron chi connectivity index (χ0n) is 17.7. The highest BCUT2D eigenvalue weighted by atomic mass is 35.5. The van der Waals surface area contributed by atoms with E-state index in [4.69, 9.17) is 30.2 Å². The Balaban J connectivity index is 1.36. The number of nitrogens with one attached hydrogen (secondary N) is 1. The van der Waals surface area contributed by atoms with Gasteiger partial charge in [0.15, 0.2) is 5.58 Å². The van der Waals surface area contributed by atoms with Gasteiger partial charge in [-0.3, -0.25) is 4.98 Å². The molecule has 5 aromatic rings. The van der Waals surface area contributed by atoms with Crippen LogP contribution in [0, 0.1) is 0 Å². The molecule has 0 saturated heterocycles. The number of methoxy groups -OCH3 is 1. The molecule has 0 spiro atoms. The first-order valence-electron chi connectivity index (χ1n) is 10.3. The summed E-state index contributed by atoms with van der Waals surface area (Å²) < 4.78 is 22.6. The molecule has 0 fully saturated rings. The second kappa shape index (κ2) is 9.36. The van der Waals surface area contributed by atoms with Crippen LogP contribution in [-0.4, -0.2) is 30.3 Å². The summed E-state index contributed by atoms with van der Waals surface area (Å²) in [6, 6.07) is 20.9. The van der Waals surface area contributed by atoms with Gasteiger partial charge in [-0.25, -0.2) is 0 Å². The summed E-state index contributed by atoms with van der Waals surface area (Å²) in [6.45, 7) is 0.872. The number of anilines is 2. The van der Waals surface area contributed by atoms with Gasteiger partial charge in [-0.05, 0) is 42.5 Å². The van der Waals surface area contributed by atoms with E-state index in [2.05, 4.69) is 15.3 Å². The number of para-hydroxylation sites is 1. The molecule has 0 unspecified atom stereocenters. The maximum Gasteiger partial charge on any atom is 0.300 e. The van der Waals surface area contributed by atoms with Crippen molar-refractivity contribution < 1.29 is 18.6 Å². The van der Waals surface area contributed by atoms with Gasteiger partial charge >= 0.3 is 0 Å². The molecule has 1 N–H and O–H groups in total. The molecule has 3 aromatic carbocycles. The lowest BCUT2D eigenvalue weighted by Crippen LogP contribution is -2.04. The van der Waals surface area contributed by atoms with E-state index in [0.29, 0.717) is 46.8 Å². The SMILES string of the molecule is COCCOc1cc(Nc2nc3cc(Oc4ccnc5ccccc45)ccc3o2)ccc1Cl. The number of hydrogen-bond acceptors (Lipinski definition) is 7. The average molecular weight is 462 g/mol. The van der Waals surface area contributed by atoms with Crippen molar-refractivity contribution in [1.29, 1.82) is 0 Å². The summed E-state index contributed by atoms with van der Waals surface area (Å²) in [5.74, 6) is 1.93. The second-order valence-corrected chi connectivity index (χ2v) is 7.60. The van der Waals surface area contributed by atoms with Crippen LogP contribution in [-0.2, 0) is 4.74 Å². The number of benzene rings is 3. The number of fused-ring (bicyclic) bond motifs is 2. The van der Waals surface area contributed by atoms with Crippen LogP contribution >= 0.6 is 11.6 Å². The van der Waals surface area contributed by atoms with Gasteiger partial charge in [-0.15, -0.1) is 0 Å². The van der Waals surface area contributed by atoms with Gasteiger partial charge in [0.1, 0.15) is 29.4 Å². The van der Waals surface area contributed by atoms with Crippen molar-refractivity contribution in [2.75, 3.05) is 25.6 Å². The molecule has 7 nitrogen and oxygen atoms in total. The second-order valence-electron chi connectivity index (χ2n) is 7.19. The first-order valence-corrected chi connectivity index (χ1v) is 10.7. The summed E-state index contributed by atoms with van der Waals surface area (Å²) in [5, 5.41) is 4.60. The molecule has 0 aliphatic rings. The molecular formula is C25H20ClN3O4. The zero-order chi connectivity index (χ0) is 22.6. The quantitative estimate of drug-likeness (QED) is 0.261. The molecule has 2 aromatic heterocycles. The van der Waals surface area contributed by atoms with E-state index < -0.39 is 0 Å². The lowest BCUT2D eigenvalue weighted by molar-refractivity contribution is 0.146. The predicted octanol–water partition coefficient (Wildman–Crippen LogP) is 6.59. The molecule has 0 aliphatic carbocycles. The van der Waals surface area contributed by atoms with Gasteiger partial charge < -0.3 is 23.9 Å². The highest BCUT2D eigenvalue weighted by Gasteiger charge is 2.11. The van der Waals surface area contributed by atoms with Gasteiger partial charge in [0.2, 0.25) is 0 Å². The molecule has 0 amide bonds. The Morgan fingerprint density at radius 2 is 1.85 bits per heavy atom. The van der Waals surface area contributed by atoms with Gasteiger partial charge in [-0.2, -0.15) is 4.98 Å². The Morgan fingerprint density at radius 3 is 2.76 bits per heavy atom. The van der Waals surface area contributed by atoms with Gasteiger partial charge in [0.05, 0.1) is 17.1 Å². The normalized spacial score (nSPS) is 11.1. The van der Waals surface area contributed by atoms with Crippen LogP contribution < -0.4 is 14.8 Å². The first kappa shape index (κ1) is 21.1. The summed E-state index contributed by atoms with van der Waals surface area (Å²) in [5.41, 5.74) is 2.91. The molecule has 0 saturated carbocycles. The van der Waals surface area contributed by atoms with Crippen LogP contribution in [0.4, 0.5) is 11.7 Å². The number of halogens is 1. The Hall–Kier alpha value is -3.81. The number of nitrogens with zero attached hydrogens (tertiary/aromatic N) is 2. The van der Waals surface area contributed by atoms with Crippen molar-refractivity contribution in [2.45, 2.75) is 0 Å². The number of hydrogen-bond donors (Lipinski definition) is 1. The monoisotopic (exact) mass is 461 g/mol. The fourth-order valence-electron chi connectivity index (χ4n) is 3.36. The molecule has 166 valence electrons. The standard InChI is InChI=1S/C25H20ClN3O4/c1-30-12-13-31-24-14-16(6-8-19(24)26)28-25-29-21-15-17(7-9-23(21)33-25)32-22-10-11-27-20-5-3-2-4-18(20)22/h2-11,14-15H,12-13H2,1H3,(H,28,29). The smallest absolute Gasteiger partial charge is 0.300 e. The minimum Gasteiger partial charge on any atom is -0.490 e. The molecule has 2 heterocycles. The predicted molar refractivity (Wildman–Crippen MR) is 128 cm³/mol. The van der Waals surface area contributed by atoms with E-state index in [0.717, 1.165) is 22.3 Å². The van der Waals surface area contributed by atoms with Gasteiger partial charge in [-0.1, -0.05) is 23.7 Å². The Kier molecular flexibility index (Phi) is 5.97. The minimum absolute atomic E-state index is 0.349. The number of pyridine rings is 1. The van der Waals surface area contributed by atoms with Crippen LogP contribution in [0.2, 0.25) is 5.02 Å². The van der Waals surface area contributed by atoms with E-state index >= 15 is 0 Å². The summed E-state index contributed by atoms with van der Waals surface area (Å²) in [4.78, 5) is 8.91. The van der Waals surface area contributed by atoms with E-state index in [1.807, 2.05) is 54.6 Å². The summed E-state index contributed by atoms with van der Waals surface area (Å²) in [6.07, 6.45) is 1.73. The highest BCUT2D eigenvalue weighted by molar-refractivity contribution is 6.32. The Labute approximate surface area is 194 Å². The lowest BCUT2D eigenvalue weighted by Gasteiger charge is -2.09. The molecule has 0 radical (unpaired) electrons. The van der Waals surface area contributed by atoms with Crippen LogP contribution in [0.25, 0.3) is 22.0 Å². The molecule has 8 heteroatoms. The third-order valence-corrected chi connectivity index (χ3v) is 5.24. The maximum atomic E-state index is 6.21. The minimum atomic E-state index is 0.349. The van der Waals surface area contributed by atoms with Crippen molar-refractivity contribution in [3.05, 3.63) is 77.9 Å². The Bertz CT molecular complexity index is 1410.